The van der Waals surface area contributed by atoms with Gasteiger partial charge in [-0.05, 0) is 150 Å². The largest absolute Gasteiger partial charge is 0.496 e. The molecule has 11 rings (SSSR count). The highest BCUT2D eigenvalue weighted by molar-refractivity contribution is 6.32. The van der Waals surface area contributed by atoms with Crippen molar-refractivity contribution in [2.75, 3.05) is 76.5 Å². The third-order valence-corrected chi connectivity index (χ3v) is 16.1. The molecule has 1 aliphatic heterocycles. The average molecular weight is 1470 g/mol. The Morgan fingerprint density at radius 1 is 0.683 bits per heavy atom. The van der Waals surface area contributed by atoms with Crippen LogP contribution in [0.5, 0.6) is 17.2 Å². The van der Waals surface area contributed by atoms with Crippen molar-refractivity contribution in [3.8, 4) is 34.7 Å². The van der Waals surface area contributed by atoms with E-state index in [9.17, 15) is 50.4 Å². The molecule has 0 spiro atoms. The lowest BCUT2D eigenvalue weighted by Gasteiger charge is -2.24. The zero-order valence-electron chi connectivity index (χ0n) is 56.6. The first-order chi connectivity index (χ1) is 49.9. The third-order valence-electron chi connectivity index (χ3n) is 15.5. The second kappa shape index (κ2) is 36.6. The van der Waals surface area contributed by atoms with E-state index < -0.39 is 34.9 Å². The van der Waals surface area contributed by atoms with Crippen LogP contribution >= 0.6 is 23.2 Å². The summed E-state index contributed by atoms with van der Waals surface area (Å²) >= 11 is 12.4. The van der Waals surface area contributed by atoms with Crippen molar-refractivity contribution in [2.45, 2.75) is 58.0 Å². The van der Waals surface area contributed by atoms with Gasteiger partial charge in [0.15, 0.2) is 23.2 Å². The van der Waals surface area contributed by atoms with Gasteiger partial charge in [-0.1, -0.05) is 53.9 Å². The fourth-order valence-electron chi connectivity index (χ4n) is 10.4. The van der Waals surface area contributed by atoms with Gasteiger partial charge in [-0.3, -0.25) is 29.3 Å². The minimum absolute atomic E-state index is 0.00124. The summed E-state index contributed by atoms with van der Waals surface area (Å²) in [6.45, 7) is 6.17. The molecular weight excluding hydrogens is 1400 g/mol. The molecule has 6 heterocycles. The molecule has 0 radical (unpaired) electrons. The number of carbonyl (C=O) groups is 3. The van der Waals surface area contributed by atoms with Gasteiger partial charge < -0.3 is 35.1 Å². The number of aromatic nitrogens is 8. The lowest BCUT2D eigenvalue weighted by molar-refractivity contribution is -0.143. The van der Waals surface area contributed by atoms with Crippen molar-refractivity contribution in [1.29, 1.82) is 5.26 Å². The van der Waals surface area contributed by atoms with E-state index in [2.05, 4.69) is 61.9 Å². The van der Waals surface area contributed by atoms with E-state index in [4.69, 9.17) is 37.4 Å². The second-order valence-electron chi connectivity index (χ2n) is 23.5. The van der Waals surface area contributed by atoms with Crippen molar-refractivity contribution >= 4 is 97.3 Å². The fourth-order valence-corrected chi connectivity index (χ4v) is 10.9. The second-order valence-corrected chi connectivity index (χ2v) is 24.3. The summed E-state index contributed by atoms with van der Waals surface area (Å²) < 4.78 is 110. The Balaban J connectivity index is 0.000000183. The maximum Gasteiger partial charge on any atom is 0.416 e. The number of piperidine rings is 1. The van der Waals surface area contributed by atoms with Crippen LogP contribution in [-0.4, -0.2) is 127 Å². The van der Waals surface area contributed by atoms with Crippen LogP contribution < -0.4 is 30.2 Å². The minimum Gasteiger partial charge on any atom is -0.496 e. The normalized spacial score (nSPS) is 12.6. The zero-order chi connectivity index (χ0) is 74.3. The first-order valence-corrected chi connectivity index (χ1v) is 33.1. The van der Waals surface area contributed by atoms with Gasteiger partial charge in [-0.2, -0.15) is 31.6 Å². The number of anilines is 5. The van der Waals surface area contributed by atoms with Crippen LogP contribution in [-0.2, 0) is 46.2 Å². The van der Waals surface area contributed by atoms with Crippen molar-refractivity contribution in [3.05, 3.63) is 226 Å². The monoisotopic (exact) mass is 1460 g/mol. The van der Waals surface area contributed by atoms with Gasteiger partial charge in [0, 0.05) is 108 Å². The predicted octanol–water partition coefficient (Wildman–Crippen LogP) is 16.0. The van der Waals surface area contributed by atoms with E-state index in [1.165, 1.54) is 56.3 Å². The third kappa shape index (κ3) is 22.4. The van der Waals surface area contributed by atoms with Gasteiger partial charge in [0.2, 0.25) is 0 Å². The Bertz CT molecular complexity index is 4750. The van der Waals surface area contributed by atoms with Crippen LogP contribution in [0.3, 0.4) is 0 Å². The quantitative estimate of drug-likeness (QED) is 0.0337. The van der Waals surface area contributed by atoms with Gasteiger partial charge in [0.05, 0.1) is 69.4 Å². The molecule has 1 saturated heterocycles. The number of likely N-dealkylation sites (tertiary alicyclic amines) is 1. The summed E-state index contributed by atoms with van der Waals surface area (Å²) in [6.07, 6.45) is 10.7. The van der Waals surface area contributed by atoms with Gasteiger partial charge >= 0.3 is 12.4 Å². The molecule has 0 saturated carbocycles. The molecule has 0 aliphatic carbocycles. The number of nitrogens with one attached hydrogen (secondary N) is 3. The first kappa shape index (κ1) is 77.0. The Morgan fingerprint density at radius 3 is 2.00 bits per heavy atom. The summed E-state index contributed by atoms with van der Waals surface area (Å²) in [7, 11) is 5.45. The number of methoxy groups -OCH3 is 1. The average Bonchev–Trinajstić information content (AvgIpc) is 1.05. The number of rotatable bonds is 26. The molecule has 1 aliphatic rings. The number of allylic oxidation sites excluding steroid dienone is 2. The molecule has 1 fully saturated rings. The maximum absolute atomic E-state index is 13.5. The smallest absolute Gasteiger partial charge is 0.416 e. The van der Waals surface area contributed by atoms with E-state index >= 15 is 0 Å². The van der Waals surface area contributed by atoms with Crippen LogP contribution in [0.25, 0.3) is 39.4 Å². The van der Waals surface area contributed by atoms with Crippen LogP contribution in [0.2, 0.25) is 10.0 Å². The molecule has 0 bridgehead atoms. The van der Waals surface area contributed by atoms with Gasteiger partial charge in [-0.15, -0.1) is 5.10 Å². The Kier molecular flexibility index (Phi) is 27.1. The van der Waals surface area contributed by atoms with Gasteiger partial charge in [-0.25, -0.2) is 29.0 Å². The molecule has 5 aromatic carbocycles. The van der Waals surface area contributed by atoms with Crippen LogP contribution in [0.4, 0.5) is 59.4 Å². The fraction of sp³-hybridized carbons (Fsp3) is 0.240. The SMILES string of the molecule is CCOc1cc2ncc(C#N)c(Nc3ccc(OCc4ccccn4)c(Cl)c3)c2cc1CC(=O)/C=C/CN(C)C.COc1cc2ncnc(Nc3ccc(F)c(Cl)c3)c2cc1CC(=O)/C=C/CN1CCCCC1.O=C(/C=C\n1cnc(-c2cc(C(F)(F)F)cc(C(F)(F)F)c2)n1)CNc1ccccn1. The van der Waals surface area contributed by atoms with E-state index in [0.29, 0.717) is 104 Å². The number of hydrogen-bond donors (Lipinski definition) is 3. The highest BCUT2D eigenvalue weighted by atomic mass is 35.5. The highest BCUT2D eigenvalue weighted by Gasteiger charge is 2.37. The number of likely N-dealkylation sites (N-methyl/N-ethyl adjacent to an activating group) is 1. The number of benzene rings is 5. The first-order valence-electron chi connectivity index (χ1n) is 32.4. The number of pyridine rings is 3. The van der Waals surface area contributed by atoms with Gasteiger partial charge in [0.25, 0.3) is 0 Å². The lowest BCUT2D eigenvalue weighted by atomic mass is 10.0. The predicted molar refractivity (Wildman–Crippen MR) is 385 cm³/mol. The number of nitrogens with zero attached hydrogens (tertiary/aromatic N) is 11. The Hall–Kier alpha value is -11.2. The number of ether oxygens (including phenoxy) is 3. The van der Waals surface area contributed by atoms with Crippen molar-refractivity contribution in [2.24, 2.45) is 0 Å². The summed E-state index contributed by atoms with van der Waals surface area (Å²) in [5, 5.41) is 24.8. The number of halogens is 9. The van der Waals surface area contributed by atoms with E-state index in [-0.39, 0.29) is 60.3 Å². The molecule has 104 heavy (non-hydrogen) atoms. The molecule has 20 nitrogen and oxygen atoms in total. The number of hydrogen-bond acceptors (Lipinski definition) is 19. The van der Waals surface area contributed by atoms with Crippen molar-refractivity contribution in [3.63, 3.8) is 0 Å². The molecular formula is C75H69Cl2F7N14O6. The van der Waals surface area contributed by atoms with E-state index in [1.54, 1.807) is 74.0 Å². The summed E-state index contributed by atoms with van der Waals surface area (Å²) in [5.74, 6) is 1.43. The summed E-state index contributed by atoms with van der Waals surface area (Å²) in [6, 6.07) is 31.0. The number of alkyl halides is 6. The van der Waals surface area contributed by atoms with Crippen LogP contribution in [0, 0.1) is 17.1 Å². The molecule has 10 aromatic rings. The maximum atomic E-state index is 13.5. The lowest BCUT2D eigenvalue weighted by Crippen LogP contribution is -2.29. The van der Waals surface area contributed by atoms with Crippen LogP contribution in [0.15, 0.2) is 177 Å². The molecule has 0 atom stereocenters. The molecule has 3 N–H and O–H groups in total. The molecule has 5 aromatic heterocycles. The molecule has 29 heteroatoms. The topological polar surface area (TPSA) is 240 Å². The Morgan fingerprint density at radius 2 is 1.35 bits per heavy atom. The van der Waals surface area contributed by atoms with Crippen LogP contribution in [0.1, 0.15) is 59.7 Å². The minimum atomic E-state index is -4.98. The molecule has 0 unspecified atom stereocenters. The van der Waals surface area contributed by atoms with Crippen molar-refractivity contribution < 1.29 is 59.3 Å². The van der Waals surface area contributed by atoms with E-state index in [1.807, 2.05) is 74.5 Å². The Labute approximate surface area is 603 Å². The number of nitriles is 1. The molecule has 0 amide bonds. The van der Waals surface area contributed by atoms with E-state index in [0.717, 1.165) is 53.4 Å². The number of ketones is 3. The summed E-state index contributed by atoms with van der Waals surface area (Å²) in [5.41, 5.74) is 2.30. The highest BCUT2D eigenvalue weighted by Crippen LogP contribution is 2.40. The van der Waals surface area contributed by atoms with Gasteiger partial charge in [0.1, 0.15) is 60.0 Å². The van der Waals surface area contributed by atoms with Crippen molar-refractivity contribution in [1.82, 2.24) is 49.5 Å². The standard InChI is InChI=1S/C31H30ClN5O3.C25H26ClFN4O2.C19H13F6N5O/c1-4-39-30-17-28-26(15-21(30)14-25(38)9-7-13-37(2)3)31(22(18-33)19-35-28)36-23-10-11-29(27(32)16-23)40-20-24-8-5-6-12-34-24;1-33-24-15-23-20(25(29-16-28-23)30-18-7-8-22(27)21(26)14-18)13-17(24)12-19(32)6-5-11-31-9-3-2-4-10-31;20-18(21,22)13-7-12(8-14(9-13)19(23,24)25)17-28-11-30(29-17)6-4-15(31)10-27-16-3-1-2-5-26-16/h5-12,15-17,19H,4,13-14,20H2,1-3H3,(H,35,36);5-8,13-16H,2-4,9-12H2,1H3,(H,28,29,30);1-9,11H,10H2,(H,26,27)/b9-7+;6-5+;6-4-. The molecule has 538 valence electrons. The number of fused-ring (bicyclic) bond motifs is 2. The number of carbonyl (C=O) groups excluding carboxylic acids is 3. The zero-order valence-corrected chi connectivity index (χ0v) is 58.1. The summed E-state index contributed by atoms with van der Waals surface area (Å²) in [4.78, 5) is 66.7.